The number of carbonyl (C=O) groups is 1. The van der Waals surface area contributed by atoms with Gasteiger partial charge in [0, 0.05) is 5.69 Å². The molecular formula is C16H20N2O2. The Morgan fingerprint density at radius 2 is 1.85 bits per heavy atom. The van der Waals surface area contributed by atoms with Gasteiger partial charge in [0.15, 0.2) is 0 Å². The van der Waals surface area contributed by atoms with Crippen LogP contribution in [0, 0.1) is 27.7 Å². The molecule has 1 aromatic carbocycles. The van der Waals surface area contributed by atoms with Crippen LogP contribution >= 0.6 is 0 Å². The van der Waals surface area contributed by atoms with Crippen LogP contribution in [0.1, 0.15) is 33.7 Å². The minimum absolute atomic E-state index is 0.0400. The van der Waals surface area contributed by atoms with Gasteiger partial charge in [-0.15, -0.1) is 0 Å². The molecule has 0 fully saturated rings. The molecular weight excluding hydrogens is 252 g/mol. The normalized spacial score (nSPS) is 10.6. The van der Waals surface area contributed by atoms with Crippen LogP contribution in [-0.4, -0.2) is 22.3 Å². The van der Waals surface area contributed by atoms with Crippen molar-refractivity contribution in [1.29, 1.82) is 0 Å². The zero-order valence-corrected chi connectivity index (χ0v) is 12.4. The Morgan fingerprint density at radius 1 is 1.20 bits per heavy atom. The van der Waals surface area contributed by atoms with Gasteiger partial charge in [0.05, 0.1) is 18.7 Å². The first-order valence-corrected chi connectivity index (χ1v) is 6.74. The molecule has 1 aromatic heterocycles. The van der Waals surface area contributed by atoms with Crippen molar-refractivity contribution in [2.75, 3.05) is 6.61 Å². The smallest absolute Gasteiger partial charge is 0.250 e. The van der Waals surface area contributed by atoms with Gasteiger partial charge in [-0.3, -0.25) is 4.79 Å². The Balaban J connectivity index is 1.96. The van der Waals surface area contributed by atoms with Gasteiger partial charge in [-0.25, -0.2) is 4.68 Å². The maximum absolute atomic E-state index is 12.1. The van der Waals surface area contributed by atoms with Gasteiger partial charge in [-0.2, -0.15) is 5.10 Å². The van der Waals surface area contributed by atoms with Crippen LogP contribution < -0.4 is 4.74 Å². The van der Waals surface area contributed by atoms with Gasteiger partial charge in [0.1, 0.15) is 5.75 Å². The van der Waals surface area contributed by atoms with Crippen LogP contribution in [0.25, 0.3) is 0 Å². The average molecular weight is 272 g/mol. The van der Waals surface area contributed by atoms with E-state index in [1.165, 1.54) is 4.68 Å². The molecule has 0 aliphatic rings. The van der Waals surface area contributed by atoms with E-state index in [4.69, 9.17) is 4.74 Å². The summed E-state index contributed by atoms with van der Waals surface area (Å²) in [6.07, 6.45) is 0.315. The average Bonchev–Trinajstić information content (AvgIpc) is 2.72. The molecule has 0 bridgehead atoms. The Morgan fingerprint density at radius 3 is 2.40 bits per heavy atom. The van der Waals surface area contributed by atoms with Crippen molar-refractivity contribution >= 4 is 5.91 Å². The second-order valence-electron chi connectivity index (χ2n) is 5.05. The number of para-hydroxylation sites is 1. The molecule has 4 nitrogen and oxygen atoms in total. The van der Waals surface area contributed by atoms with Gasteiger partial charge < -0.3 is 4.74 Å². The summed E-state index contributed by atoms with van der Waals surface area (Å²) < 4.78 is 7.19. The molecule has 0 N–H and O–H groups in total. The Labute approximate surface area is 119 Å². The molecule has 0 spiro atoms. The fraction of sp³-hybridized carbons (Fsp3) is 0.375. The quantitative estimate of drug-likeness (QED) is 0.858. The molecule has 2 aromatic rings. The maximum Gasteiger partial charge on any atom is 0.250 e. The van der Waals surface area contributed by atoms with Gasteiger partial charge in [-0.05, 0) is 44.9 Å². The SMILES string of the molecule is Cc1cc(C)n(C(=O)CCOc2c(C)cccc2C)n1. The van der Waals surface area contributed by atoms with Crippen LogP contribution in [0.5, 0.6) is 5.75 Å². The van der Waals surface area contributed by atoms with Crippen LogP contribution in [0.15, 0.2) is 24.3 Å². The van der Waals surface area contributed by atoms with E-state index in [-0.39, 0.29) is 5.91 Å². The summed E-state index contributed by atoms with van der Waals surface area (Å²) in [5.74, 6) is 0.829. The van der Waals surface area contributed by atoms with Crippen molar-refractivity contribution in [2.45, 2.75) is 34.1 Å². The predicted molar refractivity (Wildman–Crippen MR) is 78.4 cm³/mol. The minimum Gasteiger partial charge on any atom is -0.493 e. The highest BCUT2D eigenvalue weighted by atomic mass is 16.5. The Kier molecular flexibility index (Phi) is 4.23. The number of aromatic nitrogens is 2. The zero-order valence-electron chi connectivity index (χ0n) is 12.4. The minimum atomic E-state index is -0.0400. The highest BCUT2D eigenvalue weighted by Gasteiger charge is 2.11. The number of hydrogen-bond donors (Lipinski definition) is 0. The molecule has 4 heteroatoms. The molecule has 20 heavy (non-hydrogen) atoms. The third-order valence-corrected chi connectivity index (χ3v) is 3.22. The number of ether oxygens (including phenoxy) is 1. The van der Waals surface area contributed by atoms with Gasteiger partial charge >= 0.3 is 0 Å². The number of hydrogen-bond acceptors (Lipinski definition) is 3. The Hall–Kier alpha value is -2.10. The van der Waals surface area contributed by atoms with Crippen molar-refractivity contribution in [2.24, 2.45) is 0 Å². The lowest BCUT2D eigenvalue weighted by Crippen LogP contribution is -2.17. The highest BCUT2D eigenvalue weighted by molar-refractivity contribution is 5.78. The largest absolute Gasteiger partial charge is 0.493 e. The monoisotopic (exact) mass is 272 g/mol. The number of benzene rings is 1. The molecule has 2 rings (SSSR count). The van der Waals surface area contributed by atoms with Gasteiger partial charge in [0.2, 0.25) is 0 Å². The van der Waals surface area contributed by atoms with Crippen molar-refractivity contribution in [1.82, 2.24) is 9.78 Å². The lowest BCUT2D eigenvalue weighted by molar-refractivity contribution is 0.0862. The third kappa shape index (κ3) is 3.07. The number of aryl methyl sites for hydroxylation is 4. The summed E-state index contributed by atoms with van der Waals surface area (Å²) in [6.45, 7) is 8.13. The van der Waals surface area contributed by atoms with E-state index in [1.54, 1.807) is 0 Å². The highest BCUT2D eigenvalue weighted by Crippen LogP contribution is 2.22. The molecule has 1 heterocycles. The molecule has 0 radical (unpaired) electrons. The first-order valence-electron chi connectivity index (χ1n) is 6.74. The van der Waals surface area contributed by atoms with Crippen molar-refractivity contribution < 1.29 is 9.53 Å². The summed E-state index contributed by atoms with van der Waals surface area (Å²) in [4.78, 5) is 12.1. The van der Waals surface area contributed by atoms with E-state index in [9.17, 15) is 4.79 Å². The maximum atomic E-state index is 12.1. The zero-order chi connectivity index (χ0) is 14.7. The molecule has 0 atom stereocenters. The molecule has 106 valence electrons. The van der Waals surface area contributed by atoms with E-state index in [0.29, 0.717) is 13.0 Å². The van der Waals surface area contributed by atoms with E-state index in [2.05, 4.69) is 5.10 Å². The van der Waals surface area contributed by atoms with Crippen LogP contribution in [0.2, 0.25) is 0 Å². The molecule has 0 aliphatic heterocycles. The fourth-order valence-corrected chi connectivity index (χ4v) is 2.25. The third-order valence-electron chi connectivity index (χ3n) is 3.22. The molecule has 0 unspecified atom stereocenters. The summed E-state index contributed by atoms with van der Waals surface area (Å²) in [5, 5.41) is 4.18. The van der Waals surface area contributed by atoms with E-state index >= 15 is 0 Å². The van der Waals surface area contributed by atoms with E-state index in [0.717, 1.165) is 28.3 Å². The number of carbonyl (C=O) groups excluding carboxylic acids is 1. The number of rotatable bonds is 4. The topological polar surface area (TPSA) is 44.1 Å². The Bertz CT molecular complexity index is 609. The molecule has 0 aliphatic carbocycles. The first kappa shape index (κ1) is 14.3. The van der Waals surface area contributed by atoms with Gasteiger partial charge in [0.25, 0.3) is 5.91 Å². The van der Waals surface area contributed by atoms with Gasteiger partial charge in [-0.1, -0.05) is 18.2 Å². The predicted octanol–water partition coefficient (Wildman–Crippen LogP) is 3.23. The summed E-state index contributed by atoms with van der Waals surface area (Å²) >= 11 is 0. The molecule has 0 amide bonds. The van der Waals surface area contributed by atoms with E-state index in [1.807, 2.05) is 52.0 Å². The molecule has 0 saturated heterocycles. The van der Waals surface area contributed by atoms with Crippen molar-refractivity contribution in [3.8, 4) is 5.75 Å². The van der Waals surface area contributed by atoms with Crippen molar-refractivity contribution in [3.05, 3.63) is 46.8 Å². The second-order valence-corrected chi connectivity index (χ2v) is 5.05. The van der Waals surface area contributed by atoms with Crippen LogP contribution in [-0.2, 0) is 0 Å². The summed E-state index contributed by atoms with van der Waals surface area (Å²) in [5.41, 5.74) is 3.89. The standard InChI is InChI=1S/C16H20N2O2/c1-11-6-5-7-12(2)16(11)20-9-8-15(19)18-14(4)10-13(3)17-18/h5-7,10H,8-9H2,1-4H3. The van der Waals surface area contributed by atoms with E-state index < -0.39 is 0 Å². The second kappa shape index (κ2) is 5.90. The van der Waals surface area contributed by atoms with Crippen molar-refractivity contribution in [3.63, 3.8) is 0 Å². The van der Waals surface area contributed by atoms with Crippen LogP contribution in [0.4, 0.5) is 0 Å². The molecule has 0 saturated carbocycles. The first-order chi connectivity index (χ1) is 9.49. The lowest BCUT2D eigenvalue weighted by Gasteiger charge is -2.11. The van der Waals surface area contributed by atoms with Crippen LogP contribution in [0.3, 0.4) is 0 Å². The fourth-order valence-electron chi connectivity index (χ4n) is 2.25. The number of nitrogens with zero attached hydrogens (tertiary/aromatic N) is 2. The lowest BCUT2D eigenvalue weighted by atomic mass is 10.1. The summed E-state index contributed by atoms with van der Waals surface area (Å²) in [7, 11) is 0. The summed E-state index contributed by atoms with van der Waals surface area (Å²) in [6, 6.07) is 7.90.